The second-order valence-corrected chi connectivity index (χ2v) is 10.5. The quantitative estimate of drug-likeness (QED) is 0.351. The molecule has 1 atom stereocenters. The molecule has 0 amide bonds. The number of rotatable bonds is 10. The van der Waals surface area contributed by atoms with Crippen molar-refractivity contribution in [2.75, 3.05) is 27.4 Å². The van der Waals surface area contributed by atoms with Crippen LogP contribution in [0.4, 0.5) is 0 Å². The topological polar surface area (TPSA) is 88.4 Å². The Bertz CT molecular complexity index is 1550. The zero-order valence-corrected chi connectivity index (χ0v) is 24.0. The van der Waals surface area contributed by atoms with Gasteiger partial charge in [0.1, 0.15) is 5.75 Å². The molecule has 0 fully saturated rings. The molecule has 1 aliphatic rings. The number of carbonyl (C=O) groups is 1. The first kappa shape index (κ1) is 28.2. The van der Waals surface area contributed by atoms with Crippen LogP contribution < -0.4 is 29.1 Å². The molecule has 2 heterocycles. The van der Waals surface area contributed by atoms with E-state index in [9.17, 15) is 9.59 Å². The van der Waals surface area contributed by atoms with Crippen LogP contribution in [0.3, 0.4) is 0 Å². The highest BCUT2D eigenvalue weighted by molar-refractivity contribution is 7.07. The Hall–Kier alpha value is -3.85. The number of nitrogens with zero attached hydrogens (tertiary/aromatic N) is 2. The smallest absolute Gasteiger partial charge is 0.338 e. The number of methoxy groups -OCH3 is 2. The number of benzene rings is 2. The fourth-order valence-corrected chi connectivity index (χ4v) is 5.39. The van der Waals surface area contributed by atoms with Crippen molar-refractivity contribution in [3.8, 4) is 17.2 Å². The Kier molecular flexibility index (Phi) is 8.91. The SMILES string of the molecule is CCOC(=O)C1=C(C)N=c2sc(=Cc3ccc(OCCC(C)C)c(OC)c3)c(=O)n2C1c1ccc(OC)cc1. The summed E-state index contributed by atoms with van der Waals surface area (Å²) in [5, 5.41) is 0. The van der Waals surface area contributed by atoms with Crippen LogP contribution in [-0.2, 0) is 9.53 Å². The number of fused-ring (bicyclic) bond motifs is 1. The fourth-order valence-electron chi connectivity index (χ4n) is 4.34. The van der Waals surface area contributed by atoms with Crippen molar-refractivity contribution in [1.82, 2.24) is 4.57 Å². The zero-order chi connectivity index (χ0) is 28.1. The summed E-state index contributed by atoms with van der Waals surface area (Å²) in [6.45, 7) is 8.63. The number of ether oxygens (including phenoxy) is 4. The first-order valence-electron chi connectivity index (χ1n) is 12.9. The first-order valence-corrected chi connectivity index (χ1v) is 13.7. The van der Waals surface area contributed by atoms with Gasteiger partial charge in [-0.25, -0.2) is 9.79 Å². The molecule has 4 rings (SSSR count). The third kappa shape index (κ3) is 6.09. The molecule has 0 N–H and O–H groups in total. The van der Waals surface area contributed by atoms with E-state index in [-0.39, 0.29) is 12.2 Å². The van der Waals surface area contributed by atoms with E-state index in [0.717, 1.165) is 17.5 Å². The molecule has 3 aromatic rings. The number of allylic oxidation sites excluding steroid dienone is 1. The van der Waals surface area contributed by atoms with Gasteiger partial charge in [0, 0.05) is 0 Å². The second kappa shape index (κ2) is 12.3. The lowest BCUT2D eigenvalue weighted by molar-refractivity contribution is -0.139. The summed E-state index contributed by atoms with van der Waals surface area (Å²) in [7, 11) is 3.18. The van der Waals surface area contributed by atoms with Gasteiger partial charge in [-0.3, -0.25) is 9.36 Å². The summed E-state index contributed by atoms with van der Waals surface area (Å²) in [5.41, 5.74) is 2.16. The molecular formula is C30H34N2O6S. The van der Waals surface area contributed by atoms with Crippen LogP contribution in [-0.4, -0.2) is 38.0 Å². The van der Waals surface area contributed by atoms with Crippen molar-refractivity contribution in [2.24, 2.45) is 10.9 Å². The summed E-state index contributed by atoms with van der Waals surface area (Å²) in [6, 6.07) is 12.2. The van der Waals surface area contributed by atoms with Crippen LogP contribution >= 0.6 is 11.3 Å². The van der Waals surface area contributed by atoms with E-state index in [4.69, 9.17) is 18.9 Å². The average molecular weight is 551 g/mol. The van der Waals surface area contributed by atoms with Gasteiger partial charge in [-0.05, 0) is 67.7 Å². The van der Waals surface area contributed by atoms with E-state index in [1.165, 1.54) is 11.3 Å². The van der Waals surface area contributed by atoms with Gasteiger partial charge in [-0.1, -0.05) is 43.4 Å². The van der Waals surface area contributed by atoms with Crippen LogP contribution in [0.15, 0.2) is 63.5 Å². The molecular weight excluding hydrogens is 516 g/mol. The minimum absolute atomic E-state index is 0.217. The van der Waals surface area contributed by atoms with E-state index in [0.29, 0.717) is 50.4 Å². The minimum Gasteiger partial charge on any atom is -0.497 e. The van der Waals surface area contributed by atoms with Crippen LogP contribution in [0, 0.1) is 5.92 Å². The van der Waals surface area contributed by atoms with Gasteiger partial charge in [0.05, 0.1) is 49.3 Å². The van der Waals surface area contributed by atoms with E-state index in [1.54, 1.807) is 50.8 Å². The molecule has 1 aliphatic heterocycles. The number of aromatic nitrogens is 1. The lowest BCUT2D eigenvalue weighted by atomic mass is 9.96. The molecule has 2 aromatic carbocycles. The molecule has 9 heteroatoms. The molecule has 0 spiro atoms. The molecule has 0 radical (unpaired) electrons. The number of carbonyl (C=O) groups excluding carboxylic acids is 1. The molecule has 0 saturated carbocycles. The van der Waals surface area contributed by atoms with Crippen molar-refractivity contribution >= 4 is 23.4 Å². The highest BCUT2D eigenvalue weighted by Crippen LogP contribution is 2.32. The van der Waals surface area contributed by atoms with Crippen LogP contribution in [0.25, 0.3) is 6.08 Å². The Labute approximate surface area is 231 Å². The highest BCUT2D eigenvalue weighted by atomic mass is 32.1. The van der Waals surface area contributed by atoms with Crippen LogP contribution in [0.1, 0.15) is 51.3 Å². The summed E-state index contributed by atoms with van der Waals surface area (Å²) in [5.74, 6) is 1.97. The Morgan fingerprint density at radius 1 is 1.10 bits per heavy atom. The Morgan fingerprint density at radius 3 is 2.49 bits per heavy atom. The van der Waals surface area contributed by atoms with Gasteiger partial charge in [-0.2, -0.15) is 0 Å². The summed E-state index contributed by atoms with van der Waals surface area (Å²) < 4.78 is 24.2. The molecule has 1 aromatic heterocycles. The van der Waals surface area contributed by atoms with E-state index in [1.807, 2.05) is 30.3 Å². The first-order chi connectivity index (χ1) is 18.8. The normalized spacial score (nSPS) is 15.2. The van der Waals surface area contributed by atoms with Gasteiger partial charge in [0.25, 0.3) is 5.56 Å². The molecule has 39 heavy (non-hydrogen) atoms. The second-order valence-electron chi connectivity index (χ2n) is 9.52. The maximum absolute atomic E-state index is 13.8. The lowest BCUT2D eigenvalue weighted by Crippen LogP contribution is -2.39. The third-order valence-corrected chi connectivity index (χ3v) is 7.37. The predicted molar refractivity (Wildman–Crippen MR) is 151 cm³/mol. The molecule has 0 bridgehead atoms. The average Bonchev–Trinajstić information content (AvgIpc) is 3.22. The van der Waals surface area contributed by atoms with Crippen molar-refractivity contribution in [3.63, 3.8) is 0 Å². The number of hydrogen-bond acceptors (Lipinski definition) is 8. The van der Waals surface area contributed by atoms with E-state index in [2.05, 4.69) is 18.8 Å². The highest BCUT2D eigenvalue weighted by Gasteiger charge is 2.33. The van der Waals surface area contributed by atoms with Crippen LogP contribution in [0.2, 0.25) is 0 Å². The minimum atomic E-state index is -0.681. The Balaban J connectivity index is 1.80. The molecule has 0 saturated heterocycles. The largest absolute Gasteiger partial charge is 0.497 e. The van der Waals surface area contributed by atoms with Gasteiger partial charge in [0.2, 0.25) is 0 Å². The number of esters is 1. The number of thiazole rings is 1. The van der Waals surface area contributed by atoms with E-state index >= 15 is 0 Å². The van der Waals surface area contributed by atoms with Gasteiger partial charge in [-0.15, -0.1) is 0 Å². The predicted octanol–water partition coefficient (Wildman–Crippen LogP) is 4.24. The molecule has 8 nitrogen and oxygen atoms in total. The van der Waals surface area contributed by atoms with E-state index < -0.39 is 12.0 Å². The maximum Gasteiger partial charge on any atom is 0.338 e. The fraction of sp³-hybridized carbons (Fsp3) is 0.367. The van der Waals surface area contributed by atoms with Crippen molar-refractivity contribution in [1.29, 1.82) is 0 Å². The molecule has 1 unspecified atom stereocenters. The van der Waals surface area contributed by atoms with Crippen molar-refractivity contribution in [3.05, 3.63) is 84.5 Å². The summed E-state index contributed by atoms with van der Waals surface area (Å²) in [6.07, 6.45) is 2.74. The molecule has 206 valence electrons. The van der Waals surface area contributed by atoms with Gasteiger partial charge in [0.15, 0.2) is 16.3 Å². The molecule has 0 aliphatic carbocycles. The van der Waals surface area contributed by atoms with Gasteiger partial charge < -0.3 is 18.9 Å². The monoisotopic (exact) mass is 550 g/mol. The maximum atomic E-state index is 13.8. The standard InChI is InChI=1S/C30H34N2O6S/c1-7-37-29(34)26-19(4)31-30-32(27(26)21-9-11-22(35-5)12-10-21)28(33)25(39-30)17-20-8-13-23(24(16-20)36-6)38-15-14-18(2)3/h8-13,16-18,27H,7,14-15H2,1-6H3. The summed E-state index contributed by atoms with van der Waals surface area (Å²) in [4.78, 5) is 32.0. The van der Waals surface area contributed by atoms with Crippen molar-refractivity contribution in [2.45, 2.75) is 40.2 Å². The van der Waals surface area contributed by atoms with Gasteiger partial charge >= 0.3 is 5.97 Å². The summed E-state index contributed by atoms with van der Waals surface area (Å²) >= 11 is 1.27. The zero-order valence-electron chi connectivity index (χ0n) is 23.1. The Morgan fingerprint density at radius 2 is 1.85 bits per heavy atom. The van der Waals surface area contributed by atoms with Crippen molar-refractivity contribution < 1.29 is 23.7 Å². The van der Waals surface area contributed by atoms with Crippen LogP contribution in [0.5, 0.6) is 17.2 Å². The lowest BCUT2D eigenvalue weighted by Gasteiger charge is -2.24. The third-order valence-electron chi connectivity index (χ3n) is 6.39. The number of hydrogen-bond donors (Lipinski definition) is 0.